The molecular formula is C9H13ClN2O4S2. The molecule has 0 saturated heterocycles. The van der Waals surface area contributed by atoms with Crippen LogP contribution in [0.2, 0.25) is 4.34 Å². The molecule has 1 aromatic heterocycles. The third kappa shape index (κ3) is 3.41. The second-order valence-electron chi connectivity index (χ2n) is 4.32. The largest absolute Gasteiger partial charge is 0.300 e. The third-order valence-electron chi connectivity index (χ3n) is 2.40. The van der Waals surface area contributed by atoms with Gasteiger partial charge in [-0.2, -0.15) is 0 Å². The molecule has 0 aliphatic rings. The topological polar surface area (TPSA) is 89.3 Å². The van der Waals surface area contributed by atoms with E-state index in [0.29, 0.717) is 17.8 Å². The van der Waals surface area contributed by atoms with E-state index in [0.717, 1.165) is 6.07 Å². The highest BCUT2D eigenvalue weighted by molar-refractivity contribution is 7.91. The van der Waals surface area contributed by atoms with Crippen molar-refractivity contribution < 1.29 is 13.3 Å². The number of rotatable bonds is 5. The second-order valence-corrected chi connectivity index (χ2v) is 7.89. The number of nitro groups is 1. The smallest absolute Gasteiger partial charge is 0.258 e. The minimum atomic E-state index is -3.79. The number of nitrogens with zero attached hydrogens (tertiary/aromatic N) is 1. The van der Waals surface area contributed by atoms with Crippen LogP contribution in [0.15, 0.2) is 10.3 Å². The summed E-state index contributed by atoms with van der Waals surface area (Å²) in [5, 5.41) is 10.6. The van der Waals surface area contributed by atoms with Crippen molar-refractivity contribution in [1.29, 1.82) is 0 Å². The number of sulfonamides is 1. The summed E-state index contributed by atoms with van der Waals surface area (Å²) in [5.41, 5.74) is -1.01. The molecule has 0 saturated carbocycles. The quantitative estimate of drug-likeness (QED) is 0.668. The molecule has 18 heavy (non-hydrogen) atoms. The summed E-state index contributed by atoms with van der Waals surface area (Å²) >= 11 is 6.31. The Kier molecular flexibility index (Phi) is 4.37. The lowest BCUT2D eigenvalue weighted by molar-refractivity contribution is -0.384. The lowest BCUT2D eigenvalue weighted by atomic mass is 10.0. The standard InChI is InChI=1S/C9H13ClN2O4S2/c1-4-9(2,3)11-18(15,16)7-5-6(12(13)14)8(10)17-7/h5,11H,4H2,1-3H3. The van der Waals surface area contributed by atoms with Crippen molar-refractivity contribution in [1.82, 2.24) is 4.72 Å². The summed E-state index contributed by atoms with van der Waals surface area (Å²) in [7, 11) is -3.79. The van der Waals surface area contributed by atoms with Crippen LogP contribution in [0.4, 0.5) is 5.69 Å². The SMILES string of the molecule is CCC(C)(C)NS(=O)(=O)c1cc([N+](=O)[O-])c(Cl)s1. The Labute approximate surface area is 114 Å². The zero-order chi connectivity index (χ0) is 14.1. The van der Waals surface area contributed by atoms with E-state index >= 15 is 0 Å². The number of hydrogen-bond donors (Lipinski definition) is 1. The maximum atomic E-state index is 12.0. The average Bonchev–Trinajstić information content (AvgIpc) is 2.59. The first-order chi connectivity index (χ1) is 8.09. The normalized spacial score (nSPS) is 12.7. The van der Waals surface area contributed by atoms with E-state index in [1.165, 1.54) is 0 Å². The van der Waals surface area contributed by atoms with Crippen LogP contribution in [0.1, 0.15) is 27.2 Å². The lowest BCUT2D eigenvalue weighted by Crippen LogP contribution is -2.42. The number of thiophene rings is 1. The van der Waals surface area contributed by atoms with E-state index in [4.69, 9.17) is 11.6 Å². The van der Waals surface area contributed by atoms with Crippen LogP contribution >= 0.6 is 22.9 Å². The zero-order valence-electron chi connectivity index (χ0n) is 10.1. The summed E-state index contributed by atoms with van der Waals surface area (Å²) in [6.45, 7) is 5.30. The Morgan fingerprint density at radius 3 is 2.50 bits per heavy atom. The molecule has 1 rings (SSSR count). The first kappa shape index (κ1) is 15.4. The van der Waals surface area contributed by atoms with Crippen LogP contribution in [-0.4, -0.2) is 18.9 Å². The fraction of sp³-hybridized carbons (Fsp3) is 0.556. The summed E-state index contributed by atoms with van der Waals surface area (Å²) in [5.74, 6) is 0. The van der Waals surface area contributed by atoms with E-state index in [1.807, 2.05) is 6.92 Å². The molecule has 1 heterocycles. The molecular weight excluding hydrogens is 300 g/mol. The molecule has 1 N–H and O–H groups in total. The maximum Gasteiger partial charge on any atom is 0.300 e. The molecule has 0 amide bonds. The van der Waals surface area contributed by atoms with E-state index in [-0.39, 0.29) is 8.55 Å². The molecule has 0 bridgehead atoms. The van der Waals surface area contributed by atoms with Crippen LogP contribution < -0.4 is 4.72 Å². The van der Waals surface area contributed by atoms with Crippen molar-refractivity contribution in [3.8, 4) is 0 Å². The molecule has 9 heteroatoms. The van der Waals surface area contributed by atoms with Crippen molar-refractivity contribution in [2.75, 3.05) is 0 Å². The predicted molar refractivity (Wildman–Crippen MR) is 70.7 cm³/mol. The van der Waals surface area contributed by atoms with E-state index in [2.05, 4.69) is 4.72 Å². The van der Waals surface area contributed by atoms with Gasteiger partial charge in [0.25, 0.3) is 15.7 Å². The van der Waals surface area contributed by atoms with Gasteiger partial charge in [0.05, 0.1) is 4.92 Å². The van der Waals surface area contributed by atoms with Gasteiger partial charge in [0.15, 0.2) is 4.34 Å². The molecule has 0 unspecified atom stereocenters. The highest BCUT2D eigenvalue weighted by Crippen LogP contribution is 2.36. The van der Waals surface area contributed by atoms with Crippen LogP contribution in [-0.2, 0) is 10.0 Å². The lowest BCUT2D eigenvalue weighted by Gasteiger charge is -2.23. The van der Waals surface area contributed by atoms with Crippen LogP contribution in [0, 0.1) is 10.1 Å². The zero-order valence-corrected chi connectivity index (χ0v) is 12.4. The molecule has 0 aromatic carbocycles. The molecule has 0 radical (unpaired) electrons. The fourth-order valence-electron chi connectivity index (χ4n) is 1.08. The summed E-state index contributed by atoms with van der Waals surface area (Å²) < 4.78 is 26.2. The van der Waals surface area contributed by atoms with E-state index < -0.39 is 26.2 Å². The van der Waals surface area contributed by atoms with Gasteiger partial charge in [-0.3, -0.25) is 10.1 Å². The molecule has 0 spiro atoms. The van der Waals surface area contributed by atoms with Crippen LogP contribution in [0.5, 0.6) is 0 Å². The fourth-order valence-corrected chi connectivity index (χ4v) is 4.23. The summed E-state index contributed by atoms with van der Waals surface area (Å²) in [4.78, 5) is 9.91. The Balaban J connectivity index is 3.14. The molecule has 1 aromatic rings. The summed E-state index contributed by atoms with van der Waals surface area (Å²) in [6, 6.07) is 0.973. The molecule has 102 valence electrons. The summed E-state index contributed by atoms with van der Waals surface area (Å²) in [6.07, 6.45) is 0.591. The van der Waals surface area contributed by atoms with Gasteiger partial charge in [0.1, 0.15) is 4.21 Å². The van der Waals surface area contributed by atoms with E-state index in [1.54, 1.807) is 13.8 Å². The Hall–Kier alpha value is -0.700. The van der Waals surface area contributed by atoms with Gasteiger partial charge >= 0.3 is 0 Å². The van der Waals surface area contributed by atoms with Crippen molar-refractivity contribution in [3.05, 3.63) is 20.5 Å². The first-order valence-electron chi connectivity index (χ1n) is 5.07. The van der Waals surface area contributed by atoms with Crippen molar-refractivity contribution in [2.45, 2.75) is 36.9 Å². The van der Waals surface area contributed by atoms with Gasteiger partial charge in [0, 0.05) is 11.6 Å². The molecule has 6 nitrogen and oxygen atoms in total. The Morgan fingerprint density at radius 2 is 2.11 bits per heavy atom. The van der Waals surface area contributed by atoms with Gasteiger partial charge in [-0.15, -0.1) is 11.3 Å². The minimum Gasteiger partial charge on any atom is -0.258 e. The van der Waals surface area contributed by atoms with Crippen molar-refractivity contribution in [3.63, 3.8) is 0 Å². The number of nitrogens with one attached hydrogen (secondary N) is 1. The van der Waals surface area contributed by atoms with Gasteiger partial charge in [-0.25, -0.2) is 13.1 Å². The number of halogens is 1. The second kappa shape index (κ2) is 5.12. The van der Waals surface area contributed by atoms with Crippen molar-refractivity contribution in [2.24, 2.45) is 0 Å². The highest BCUT2D eigenvalue weighted by atomic mass is 35.5. The monoisotopic (exact) mass is 312 g/mol. The van der Waals surface area contributed by atoms with Gasteiger partial charge < -0.3 is 0 Å². The molecule has 0 atom stereocenters. The van der Waals surface area contributed by atoms with Crippen molar-refractivity contribution >= 4 is 38.6 Å². The Morgan fingerprint density at radius 1 is 1.56 bits per heavy atom. The number of hydrogen-bond acceptors (Lipinski definition) is 5. The third-order valence-corrected chi connectivity index (χ3v) is 5.91. The van der Waals surface area contributed by atoms with Crippen LogP contribution in [0.25, 0.3) is 0 Å². The maximum absolute atomic E-state index is 12.0. The minimum absolute atomic E-state index is 0.144. The first-order valence-corrected chi connectivity index (χ1v) is 7.74. The van der Waals surface area contributed by atoms with Gasteiger partial charge in [-0.1, -0.05) is 18.5 Å². The van der Waals surface area contributed by atoms with Gasteiger partial charge in [0.2, 0.25) is 0 Å². The van der Waals surface area contributed by atoms with E-state index in [9.17, 15) is 18.5 Å². The van der Waals surface area contributed by atoms with Gasteiger partial charge in [-0.05, 0) is 20.3 Å². The average molecular weight is 313 g/mol. The molecule has 0 aliphatic heterocycles. The Bertz CT molecular complexity index is 565. The van der Waals surface area contributed by atoms with Crippen LogP contribution in [0.3, 0.4) is 0 Å². The predicted octanol–water partition coefficient (Wildman–Crippen LogP) is 2.78. The molecule has 0 fully saturated rings. The highest BCUT2D eigenvalue weighted by Gasteiger charge is 2.29. The molecule has 0 aliphatic carbocycles.